The van der Waals surface area contributed by atoms with E-state index in [1.165, 1.54) is 16.7 Å². The molecule has 0 amide bonds. The lowest BCUT2D eigenvalue weighted by Crippen LogP contribution is -2.22. The molecule has 2 rings (SSSR count). The van der Waals surface area contributed by atoms with Crippen LogP contribution < -0.4 is 5.32 Å². The Bertz CT molecular complexity index is 504. The summed E-state index contributed by atoms with van der Waals surface area (Å²) < 4.78 is 0. The maximum Gasteiger partial charge on any atom is 0.0705 e. The van der Waals surface area contributed by atoms with E-state index >= 15 is 0 Å². The van der Waals surface area contributed by atoms with E-state index < -0.39 is 0 Å². The van der Waals surface area contributed by atoms with Crippen LogP contribution in [0.15, 0.2) is 42.6 Å². The lowest BCUT2D eigenvalue weighted by Gasteiger charge is -2.13. The summed E-state index contributed by atoms with van der Waals surface area (Å²) in [6.45, 7) is 7.32. The van der Waals surface area contributed by atoms with Crippen molar-refractivity contribution in [2.45, 2.75) is 33.4 Å². The van der Waals surface area contributed by atoms with Crippen LogP contribution >= 0.6 is 0 Å². The third kappa shape index (κ3) is 3.17. The van der Waals surface area contributed by atoms with Gasteiger partial charge in [-0.15, -0.1) is 0 Å². The van der Waals surface area contributed by atoms with Crippen LogP contribution in [0.25, 0.3) is 11.3 Å². The second kappa shape index (κ2) is 5.78. The Hall–Kier alpha value is -1.67. The monoisotopic (exact) mass is 240 g/mol. The van der Waals surface area contributed by atoms with Gasteiger partial charge in [-0.25, -0.2) is 0 Å². The second-order valence-electron chi connectivity index (χ2n) is 4.91. The minimum Gasteiger partial charge on any atom is -0.310 e. The van der Waals surface area contributed by atoms with Crippen molar-refractivity contribution < 1.29 is 0 Å². The third-order valence-corrected chi connectivity index (χ3v) is 2.91. The highest BCUT2D eigenvalue weighted by atomic mass is 14.9. The van der Waals surface area contributed by atoms with Crippen molar-refractivity contribution in [3.63, 3.8) is 0 Å². The molecule has 2 heteroatoms. The fourth-order valence-electron chi connectivity index (χ4n) is 1.92. The summed E-state index contributed by atoms with van der Waals surface area (Å²) >= 11 is 0. The highest BCUT2D eigenvalue weighted by Crippen LogP contribution is 2.23. The Morgan fingerprint density at radius 2 is 2.00 bits per heavy atom. The summed E-state index contributed by atoms with van der Waals surface area (Å²) in [5.41, 5.74) is 4.84. The van der Waals surface area contributed by atoms with Gasteiger partial charge in [-0.2, -0.15) is 0 Å². The van der Waals surface area contributed by atoms with Crippen LogP contribution in [-0.2, 0) is 6.54 Å². The molecule has 0 aliphatic heterocycles. The summed E-state index contributed by atoms with van der Waals surface area (Å²) in [4.78, 5) is 4.45. The van der Waals surface area contributed by atoms with Crippen molar-refractivity contribution in [1.29, 1.82) is 0 Å². The SMILES string of the molecule is Cc1ccc(CNC(C)C)c(-c2ccccn2)c1. The van der Waals surface area contributed by atoms with Crippen LogP contribution in [0, 0.1) is 6.92 Å². The van der Waals surface area contributed by atoms with Crippen molar-refractivity contribution in [3.05, 3.63) is 53.7 Å². The van der Waals surface area contributed by atoms with Gasteiger partial charge < -0.3 is 5.32 Å². The standard InChI is InChI=1S/C16H20N2/c1-12(2)18-11-14-8-7-13(3)10-15(14)16-6-4-5-9-17-16/h4-10,12,18H,11H2,1-3H3. The zero-order valence-corrected chi connectivity index (χ0v) is 11.3. The highest BCUT2D eigenvalue weighted by Gasteiger charge is 2.06. The van der Waals surface area contributed by atoms with Gasteiger partial charge in [0.25, 0.3) is 0 Å². The molecule has 0 saturated heterocycles. The molecule has 2 nitrogen and oxygen atoms in total. The van der Waals surface area contributed by atoms with E-state index in [1.807, 2.05) is 18.3 Å². The summed E-state index contributed by atoms with van der Waals surface area (Å²) in [6, 6.07) is 13.1. The van der Waals surface area contributed by atoms with Gasteiger partial charge in [-0.1, -0.05) is 37.6 Å². The quantitative estimate of drug-likeness (QED) is 0.884. The highest BCUT2D eigenvalue weighted by molar-refractivity contribution is 5.64. The third-order valence-electron chi connectivity index (χ3n) is 2.91. The predicted molar refractivity (Wildman–Crippen MR) is 76.4 cm³/mol. The molecule has 0 aliphatic rings. The Kier molecular flexibility index (Phi) is 4.11. The first-order chi connectivity index (χ1) is 8.66. The molecule has 18 heavy (non-hydrogen) atoms. The number of nitrogens with one attached hydrogen (secondary N) is 1. The molecule has 0 atom stereocenters. The van der Waals surface area contributed by atoms with Gasteiger partial charge in [-0.05, 0) is 30.7 Å². The Morgan fingerprint density at radius 1 is 1.17 bits per heavy atom. The number of nitrogens with zero attached hydrogens (tertiary/aromatic N) is 1. The predicted octanol–water partition coefficient (Wildman–Crippen LogP) is 3.56. The molecule has 0 unspecified atom stereocenters. The lowest BCUT2D eigenvalue weighted by atomic mass is 10.0. The molecule has 0 radical (unpaired) electrons. The number of hydrogen-bond acceptors (Lipinski definition) is 2. The van der Waals surface area contributed by atoms with Crippen LogP contribution in [0.2, 0.25) is 0 Å². The summed E-state index contributed by atoms with van der Waals surface area (Å²) in [5, 5.41) is 3.46. The normalized spacial score (nSPS) is 10.9. The number of pyridine rings is 1. The molecule has 0 aliphatic carbocycles. The van der Waals surface area contributed by atoms with Gasteiger partial charge >= 0.3 is 0 Å². The van der Waals surface area contributed by atoms with Crippen molar-refractivity contribution in [2.24, 2.45) is 0 Å². The van der Waals surface area contributed by atoms with Crippen LogP contribution in [0.1, 0.15) is 25.0 Å². The minimum absolute atomic E-state index is 0.489. The van der Waals surface area contributed by atoms with E-state index in [1.54, 1.807) is 0 Å². The zero-order chi connectivity index (χ0) is 13.0. The van der Waals surface area contributed by atoms with E-state index in [2.05, 4.69) is 55.3 Å². The lowest BCUT2D eigenvalue weighted by molar-refractivity contribution is 0.589. The average molecular weight is 240 g/mol. The number of benzene rings is 1. The molecule has 1 N–H and O–H groups in total. The molecule has 2 aromatic rings. The number of rotatable bonds is 4. The fraction of sp³-hybridized carbons (Fsp3) is 0.312. The molecule has 0 spiro atoms. The molecule has 94 valence electrons. The van der Waals surface area contributed by atoms with Gasteiger partial charge in [-0.3, -0.25) is 4.98 Å². The van der Waals surface area contributed by atoms with Gasteiger partial charge in [0.05, 0.1) is 5.69 Å². The molecular formula is C16H20N2. The van der Waals surface area contributed by atoms with Gasteiger partial charge in [0.1, 0.15) is 0 Å². The fourth-order valence-corrected chi connectivity index (χ4v) is 1.92. The molecule has 1 heterocycles. The first kappa shape index (κ1) is 12.8. The molecule has 1 aromatic carbocycles. The van der Waals surface area contributed by atoms with Crippen molar-refractivity contribution >= 4 is 0 Å². The van der Waals surface area contributed by atoms with Gasteiger partial charge in [0.15, 0.2) is 0 Å². The topological polar surface area (TPSA) is 24.9 Å². The average Bonchev–Trinajstić information content (AvgIpc) is 2.38. The van der Waals surface area contributed by atoms with Crippen molar-refractivity contribution in [3.8, 4) is 11.3 Å². The van der Waals surface area contributed by atoms with E-state index in [0.29, 0.717) is 6.04 Å². The van der Waals surface area contributed by atoms with Gasteiger partial charge in [0.2, 0.25) is 0 Å². The van der Waals surface area contributed by atoms with Gasteiger partial charge in [0, 0.05) is 24.3 Å². The Labute approximate surface area is 109 Å². The number of aromatic nitrogens is 1. The molecule has 0 saturated carbocycles. The Balaban J connectivity index is 2.35. The number of aryl methyl sites for hydroxylation is 1. The van der Waals surface area contributed by atoms with Crippen LogP contribution in [-0.4, -0.2) is 11.0 Å². The Morgan fingerprint density at radius 3 is 2.67 bits per heavy atom. The van der Waals surface area contributed by atoms with E-state index in [9.17, 15) is 0 Å². The smallest absolute Gasteiger partial charge is 0.0705 e. The molecule has 0 fully saturated rings. The van der Waals surface area contributed by atoms with E-state index in [4.69, 9.17) is 0 Å². The zero-order valence-electron chi connectivity index (χ0n) is 11.3. The van der Waals surface area contributed by atoms with Crippen molar-refractivity contribution in [2.75, 3.05) is 0 Å². The summed E-state index contributed by atoms with van der Waals surface area (Å²) in [5.74, 6) is 0. The van der Waals surface area contributed by atoms with Crippen LogP contribution in [0.5, 0.6) is 0 Å². The minimum atomic E-state index is 0.489. The summed E-state index contributed by atoms with van der Waals surface area (Å²) in [7, 11) is 0. The first-order valence-electron chi connectivity index (χ1n) is 6.41. The molecule has 1 aromatic heterocycles. The largest absolute Gasteiger partial charge is 0.310 e. The maximum atomic E-state index is 4.45. The molecular weight excluding hydrogens is 220 g/mol. The van der Waals surface area contributed by atoms with Crippen molar-refractivity contribution in [1.82, 2.24) is 10.3 Å². The first-order valence-corrected chi connectivity index (χ1v) is 6.41. The van der Waals surface area contributed by atoms with E-state index in [-0.39, 0.29) is 0 Å². The van der Waals surface area contributed by atoms with Crippen LogP contribution in [0.3, 0.4) is 0 Å². The summed E-state index contributed by atoms with van der Waals surface area (Å²) in [6.07, 6.45) is 1.84. The molecule has 0 bridgehead atoms. The maximum absolute atomic E-state index is 4.45. The van der Waals surface area contributed by atoms with Crippen LogP contribution in [0.4, 0.5) is 0 Å². The number of hydrogen-bond donors (Lipinski definition) is 1. The van der Waals surface area contributed by atoms with E-state index in [0.717, 1.165) is 12.2 Å². The second-order valence-corrected chi connectivity index (χ2v) is 4.91.